The van der Waals surface area contributed by atoms with Crippen LogP contribution in [-0.4, -0.2) is 37.0 Å². The number of ether oxygens (including phenoxy) is 1. The highest BCUT2D eigenvalue weighted by atomic mass is 16.5. The maximum absolute atomic E-state index is 13.5. The molecule has 1 saturated carbocycles. The number of likely N-dealkylation sites (N-methyl/N-ethyl adjacent to an activating group) is 1. The van der Waals surface area contributed by atoms with E-state index in [2.05, 4.69) is 67.5 Å². The second-order valence-corrected chi connectivity index (χ2v) is 10.2. The van der Waals surface area contributed by atoms with Gasteiger partial charge >= 0.3 is 0 Å². The van der Waals surface area contributed by atoms with Gasteiger partial charge in [0.1, 0.15) is 12.4 Å². The molecule has 0 spiro atoms. The maximum Gasteiger partial charge on any atom is 0.252 e. The summed E-state index contributed by atoms with van der Waals surface area (Å²) in [6.07, 6.45) is 3.10. The molecule has 0 radical (unpaired) electrons. The van der Waals surface area contributed by atoms with Crippen molar-refractivity contribution in [3.05, 3.63) is 76.9 Å². The number of aryl methyl sites for hydroxylation is 1. The lowest BCUT2D eigenvalue weighted by molar-refractivity contribution is 0.0767. The Hall–Kier alpha value is -2.85. The predicted molar refractivity (Wildman–Crippen MR) is 134 cm³/mol. The summed E-state index contributed by atoms with van der Waals surface area (Å²) in [7, 11) is 2.12. The molecule has 33 heavy (non-hydrogen) atoms. The van der Waals surface area contributed by atoms with Crippen LogP contribution in [0.2, 0.25) is 0 Å². The molecule has 1 amide bonds. The van der Waals surface area contributed by atoms with E-state index in [1.807, 2.05) is 25.1 Å². The zero-order valence-electron chi connectivity index (χ0n) is 20.2. The monoisotopic (exact) mass is 442 g/mol. The molecular formula is C29H34N2O2. The van der Waals surface area contributed by atoms with E-state index in [4.69, 9.17) is 4.74 Å². The van der Waals surface area contributed by atoms with Crippen LogP contribution in [0.1, 0.15) is 66.1 Å². The number of nitrogens with zero attached hydrogens (tertiary/aromatic N) is 1. The molecule has 1 N–H and O–H groups in total. The molecule has 0 bridgehead atoms. The molecule has 4 heteroatoms. The van der Waals surface area contributed by atoms with Gasteiger partial charge in [-0.2, -0.15) is 0 Å². The van der Waals surface area contributed by atoms with Gasteiger partial charge in [-0.1, -0.05) is 56.3 Å². The zero-order valence-corrected chi connectivity index (χ0v) is 20.2. The van der Waals surface area contributed by atoms with Crippen LogP contribution in [0.15, 0.2) is 54.6 Å². The second-order valence-electron chi connectivity index (χ2n) is 10.2. The number of hydrogen-bond donors (Lipinski definition) is 1. The van der Waals surface area contributed by atoms with Gasteiger partial charge in [-0.05, 0) is 85.3 Å². The summed E-state index contributed by atoms with van der Waals surface area (Å²) in [5.74, 6) is 1.14. The van der Waals surface area contributed by atoms with E-state index in [1.54, 1.807) is 0 Å². The fourth-order valence-corrected chi connectivity index (χ4v) is 5.06. The molecule has 1 saturated heterocycles. The van der Waals surface area contributed by atoms with Gasteiger partial charge in [0.15, 0.2) is 0 Å². The Morgan fingerprint density at radius 2 is 1.94 bits per heavy atom. The van der Waals surface area contributed by atoms with Crippen molar-refractivity contribution in [1.29, 1.82) is 0 Å². The standard InChI is InChI=1S/C29H34N2O2/c1-19(2)24-12-10-21-7-5-6-8-25(21)27(24)29(14-15-29)30-28(32)26-17-23(11-9-20(26)3)33-18-22-13-16-31(22)4/h5-12,17,19,22H,13-16,18H2,1-4H3,(H,30,32). The molecule has 1 unspecified atom stereocenters. The summed E-state index contributed by atoms with van der Waals surface area (Å²) in [5, 5.41) is 5.92. The number of carbonyl (C=O) groups excluding carboxylic acids is 1. The molecule has 172 valence electrons. The third-order valence-corrected chi connectivity index (χ3v) is 7.50. The summed E-state index contributed by atoms with van der Waals surface area (Å²) in [5.41, 5.74) is 3.99. The van der Waals surface area contributed by atoms with Crippen molar-refractivity contribution in [3.63, 3.8) is 0 Å². The van der Waals surface area contributed by atoms with Crippen molar-refractivity contribution in [2.75, 3.05) is 20.2 Å². The number of rotatable bonds is 7. The number of likely N-dealkylation sites (tertiary alicyclic amines) is 1. The van der Waals surface area contributed by atoms with Crippen LogP contribution in [0, 0.1) is 6.92 Å². The minimum absolute atomic E-state index is 0.0150. The van der Waals surface area contributed by atoms with Crippen molar-refractivity contribution in [2.24, 2.45) is 0 Å². The summed E-state index contributed by atoms with van der Waals surface area (Å²) >= 11 is 0. The van der Waals surface area contributed by atoms with E-state index in [0.29, 0.717) is 24.1 Å². The van der Waals surface area contributed by atoms with Crippen LogP contribution in [-0.2, 0) is 5.54 Å². The lowest BCUT2D eigenvalue weighted by atomic mass is 9.86. The average Bonchev–Trinajstić information content (AvgIpc) is 3.58. The zero-order chi connectivity index (χ0) is 23.2. The van der Waals surface area contributed by atoms with Gasteiger partial charge in [0, 0.05) is 11.6 Å². The highest BCUT2D eigenvalue weighted by Crippen LogP contribution is 2.50. The van der Waals surface area contributed by atoms with Crippen LogP contribution in [0.3, 0.4) is 0 Å². The first kappa shape index (κ1) is 22.0. The SMILES string of the molecule is Cc1ccc(OCC2CCN2C)cc1C(=O)NC1(c2c(C(C)C)ccc3ccccc23)CC1. The number of carbonyl (C=O) groups is 1. The van der Waals surface area contributed by atoms with Crippen molar-refractivity contribution in [3.8, 4) is 5.75 Å². The number of amides is 1. The molecule has 3 aromatic rings. The molecule has 2 aliphatic rings. The quantitative estimate of drug-likeness (QED) is 0.505. The molecule has 3 aromatic carbocycles. The predicted octanol–water partition coefficient (Wildman–Crippen LogP) is 5.77. The Morgan fingerprint density at radius 3 is 2.61 bits per heavy atom. The van der Waals surface area contributed by atoms with Crippen LogP contribution < -0.4 is 10.1 Å². The number of hydrogen-bond acceptors (Lipinski definition) is 3. The number of fused-ring (bicyclic) bond motifs is 1. The Bertz CT molecular complexity index is 1200. The smallest absolute Gasteiger partial charge is 0.252 e. The summed E-state index contributed by atoms with van der Waals surface area (Å²) in [6.45, 7) is 8.25. The van der Waals surface area contributed by atoms with Gasteiger partial charge in [0.25, 0.3) is 5.91 Å². The Balaban J connectivity index is 1.43. The van der Waals surface area contributed by atoms with Gasteiger partial charge in [-0.15, -0.1) is 0 Å². The van der Waals surface area contributed by atoms with Gasteiger partial charge in [0.2, 0.25) is 0 Å². The molecule has 1 heterocycles. The van der Waals surface area contributed by atoms with Crippen LogP contribution in [0.5, 0.6) is 5.75 Å². The Morgan fingerprint density at radius 1 is 1.15 bits per heavy atom. The Kier molecular flexibility index (Phi) is 5.65. The molecule has 5 rings (SSSR count). The van der Waals surface area contributed by atoms with Crippen molar-refractivity contribution in [2.45, 2.75) is 57.5 Å². The first-order valence-electron chi connectivity index (χ1n) is 12.2. The normalized spacial score (nSPS) is 19.4. The van der Waals surface area contributed by atoms with Crippen molar-refractivity contribution in [1.82, 2.24) is 10.2 Å². The first-order valence-corrected chi connectivity index (χ1v) is 12.2. The summed E-state index contributed by atoms with van der Waals surface area (Å²) in [6, 6.07) is 19.3. The number of nitrogens with one attached hydrogen (secondary N) is 1. The second kappa shape index (κ2) is 8.49. The van der Waals surface area contributed by atoms with Crippen LogP contribution >= 0.6 is 0 Å². The molecule has 1 atom stereocenters. The van der Waals surface area contributed by atoms with Crippen LogP contribution in [0.4, 0.5) is 0 Å². The minimum Gasteiger partial charge on any atom is -0.492 e. The lowest BCUT2D eigenvalue weighted by Crippen LogP contribution is -2.48. The largest absolute Gasteiger partial charge is 0.492 e. The highest BCUT2D eigenvalue weighted by molar-refractivity contribution is 5.98. The van der Waals surface area contributed by atoms with E-state index in [-0.39, 0.29) is 11.4 Å². The average molecular weight is 443 g/mol. The summed E-state index contributed by atoms with van der Waals surface area (Å²) in [4.78, 5) is 15.8. The third-order valence-electron chi connectivity index (χ3n) is 7.50. The van der Waals surface area contributed by atoms with E-state index >= 15 is 0 Å². The van der Waals surface area contributed by atoms with Crippen LogP contribution in [0.25, 0.3) is 10.8 Å². The van der Waals surface area contributed by atoms with E-state index < -0.39 is 0 Å². The molecule has 0 aromatic heterocycles. The molecule has 2 fully saturated rings. The fourth-order valence-electron chi connectivity index (χ4n) is 5.06. The van der Waals surface area contributed by atoms with Crippen molar-refractivity contribution >= 4 is 16.7 Å². The van der Waals surface area contributed by atoms with Gasteiger partial charge in [-0.3, -0.25) is 9.69 Å². The van der Waals surface area contributed by atoms with Crippen molar-refractivity contribution < 1.29 is 9.53 Å². The Labute approximate surface area is 196 Å². The van der Waals surface area contributed by atoms with Gasteiger partial charge < -0.3 is 10.1 Å². The van der Waals surface area contributed by atoms with E-state index in [1.165, 1.54) is 28.3 Å². The topological polar surface area (TPSA) is 41.6 Å². The minimum atomic E-state index is -0.296. The molecule has 4 nitrogen and oxygen atoms in total. The molecule has 1 aliphatic heterocycles. The maximum atomic E-state index is 13.5. The highest BCUT2D eigenvalue weighted by Gasteiger charge is 2.48. The van der Waals surface area contributed by atoms with E-state index in [0.717, 1.165) is 30.7 Å². The number of benzene rings is 3. The summed E-state index contributed by atoms with van der Waals surface area (Å²) < 4.78 is 6.04. The first-order chi connectivity index (χ1) is 15.9. The third kappa shape index (κ3) is 4.13. The molecule has 1 aliphatic carbocycles. The lowest BCUT2D eigenvalue weighted by Gasteiger charge is -2.37. The van der Waals surface area contributed by atoms with Gasteiger partial charge in [0.05, 0.1) is 5.54 Å². The fraction of sp³-hybridized carbons (Fsp3) is 0.414. The molecular weight excluding hydrogens is 408 g/mol. The van der Waals surface area contributed by atoms with Gasteiger partial charge in [-0.25, -0.2) is 0 Å². The van der Waals surface area contributed by atoms with E-state index in [9.17, 15) is 4.79 Å².